The van der Waals surface area contributed by atoms with E-state index in [-0.39, 0.29) is 11.0 Å². The molecule has 1 N–H and O–H groups in total. The van der Waals surface area contributed by atoms with Crippen LogP contribution in [-0.2, 0) is 5.41 Å². The van der Waals surface area contributed by atoms with E-state index in [0.29, 0.717) is 5.92 Å². The molecule has 0 saturated heterocycles. The first-order valence-electron chi connectivity index (χ1n) is 5.22. The molecule has 2 nitrogen and oxygen atoms in total. The topological polar surface area (TPSA) is 32.9 Å². The lowest BCUT2D eigenvalue weighted by atomic mass is 9.85. The Hall–Kier alpha value is -1.05. The van der Waals surface area contributed by atoms with E-state index in [9.17, 15) is 4.79 Å². The average molecular weight is 191 g/mol. The van der Waals surface area contributed by atoms with Crippen LogP contribution in [0.2, 0.25) is 0 Å². The van der Waals surface area contributed by atoms with E-state index < -0.39 is 0 Å². The van der Waals surface area contributed by atoms with Gasteiger partial charge in [-0.1, -0.05) is 26.8 Å². The van der Waals surface area contributed by atoms with Crippen molar-refractivity contribution in [2.45, 2.75) is 44.9 Å². The van der Waals surface area contributed by atoms with Crippen molar-refractivity contribution < 1.29 is 0 Å². The number of aromatic amines is 1. The number of hydrogen-bond acceptors (Lipinski definition) is 1. The Morgan fingerprint density at radius 1 is 1.29 bits per heavy atom. The third kappa shape index (κ3) is 1.74. The van der Waals surface area contributed by atoms with Crippen LogP contribution in [0.15, 0.2) is 16.9 Å². The van der Waals surface area contributed by atoms with Crippen molar-refractivity contribution in [1.82, 2.24) is 4.98 Å². The molecule has 1 fully saturated rings. The Balaban J connectivity index is 2.53. The van der Waals surface area contributed by atoms with Gasteiger partial charge in [-0.15, -0.1) is 0 Å². The lowest BCUT2D eigenvalue weighted by Gasteiger charge is -2.22. The maximum atomic E-state index is 11.2. The molecule has 2 rings (SSSR count). The summed E-state index contributed by atoms with van der Waals surface area (Å²) < 4.78 is 0. The molecular formula is C12H17NO. The molecule has 0 spiro atoms. The van der Waals surface area contributed by atoms with Crippen molar-refractivity contribution in [3.63, 3.8) is 0 Å². The van der Waals surface area contributed by atoms with E-state index in [1.807, 2.05) is 6.07 Å². The Labute approximate surface area is 84.4 Å². The lowest BCUT2D eigenvalue weighted by Crippen LogP contribution is -2.19. The zero-order valence-electron chi connectivity index (χ0n) is 9.05. The zero-order chi connectivity index (χ0) is 10.3. The molecule has 0 aliphatic heterocycles. The fourth-order valence-corrected chi connectivity index (χ4v) is 1.84. The Morgan fingerprint density at radius 3 is 2.43 bits per heavy atom. The zero-order valence-corrected chi connectivity index (χ0v) is 9.05. The molecule has 0 aromatic carbocycles. The molecule has 1 aliphatic rings. The molecule has 2 heteroatoms. The minimum absolute atomic E-state index is 0.0277. The van der Waals surface area contributed by atoms with Gasteiger partial charge in [-0.25, -0.2) is 0 Å². The number of H-pyrrole nitrogens is 1. The summed E-state index contributed by atoms with van der Waals surface area (Å²) in [6.45, 7) is 6.56. The molecule has 1 aromatic rings. The predicted octanol–water partition coefficient (Wildman–Crippen LogP) is 2.55. The summed E-state index contributed by atoms with van der Waals surface area (Å²) in [7, 11) is 0. The second kappa shape index (κ2) is 2.97. The van der Waals surface area contributed by atoms with Crippen LogP contribution in [0.25, 0.3) is 0 Å². The summed E-state index contributed by atoms with van der Waals surface area (Å²) in [5, 5.41) is 0. The maximum absolute atomic E-state index is 11.2. The van der Waals surface area contributed by atoms with Crippen LogP contribution in [0.5, 0.6) is 0 Å². The van der Waals surface area contributed by atoms with E-state index in [0.717, 1.165) is 0 Å². The van der Waals surface area contributed by atoms with Crippen LogP contribution in [0.1, 0.15) is 50.8 Å². The third-order valence-corrected chi connectivity index (χ3v) is 2.74. The van der Waals surface area contributed by atoms with Crippen LogP contribution >= 0.6 is 0 Å². The number of hydrogen-bond donors (Lipinski definition) is 1. The number of aromatic nitrogens is 1. The SMILES string of the molecule is CC(C)(C)c1ccc(=O)[nH]c1C1CC1. The Kier molecular flexibility index (Phi) is 2.02. The van der Waals surface area contributed by atoms with Gasteiger partial charge in [-0.3, -0.25) is 4.79 Å². The number of rotatable bonds is 1. The highest BCUT2D eigenvalue weighted by molar-refractivity contribution is 5.32. The van der Waals surface area contributed by atoms with Crippen LogP contribution < -0.4 is 5.56 Å². The highest BCUT2D eigenvalue weighted by Gasteiger charge is 2.30. The van der Waals surface area contributed by atoms with Crippen molar-refractivity contribution in [2.75, 3.05) is 0 Å². The van der Waals surface area contributed by atoms with E-state index in [1.165, 1.54) is 24.1 Å². The Morgan fingerprint density at radius 2 is 1.93 bits per heavy atom. The standard InChI is InChI=1S/C12H17NO/c1-12(2,3)9-6-7-10(14)13-11(9)8-4-5-8/h6-8H,4-5H2,1-3H3,(H,13,14). The average Bonchev–Trinajstić information content (AvgIpc) is 2.83. The van der Waals surface area contributed by atoms with Gasteiger partial charge in [-0.05, 0) is 29.7 Å². The second-order valence-electron chi connectivity index (χ2n) is 5.17. The molecule has 0 unspecified atom stereocenters. The van der Waals surface area contributed by atoms with Crippen molar-refractivity contribution in [2.24, 2.45) is 0 Å². The van der Waals surface area contributed by atoms with Gasteiger partial charge in [0.25, 0.3) is 0 Å². The molecule has 0 radical (unpaired) electrons. The highest BCUT2D eigenvalue weighted by Crippen LogP contribution is 2.42. The largest absolute Gasteiger partial charge is 0.326 e. The van der Waals surface area contributed by atoms with Gasteiger partial charge in [0, 0.05) is 11.8 Å². The first-order valence-corrected chi connectivity index (χ1v) is 5.22. The molecule has 1 heterocycles. The van der Waals surface area contributed by atoms with Crippen molar-refractivity contribution in [1.29, 1.82) is 0 Å². The van der Waals surface area contributed by atoms with E-state index in [1.54, 1.807) is 6.07 Å². The molecule has 1 aliphatic carbocycles. The second-order valence-corrected chi connectivity index (χ2v) is 5.17. The molecule has 1 saturated carbocycles. The normalized spacial score (nSPS) is 17.1. The van der Waals surface area contributed by atoms with Gasteiger partial charge in [0.05, 0.1) is 0 Å². The summed E-state index contributed by atoms with van der Waals surface area (Å²) in [4.78, 5) is 14.2. The molecule has 76 valence electrons. The summed E-state index contributed by atoms with van der Waals surface area (Å²) >= 11 is 0. The van der Waals surface area contributed by atoms with Crippen molar-refractivity contribution in [3.8, 4) is 0 Å². The fraction of sp³-hybridized carbons (Fsp3) is 0.583. The van der Waals surface area contributed by atoms with E-state index in [2.05, 4.69) is 25.8 Å². The molecule has 0 amide bonds. The molecule has 1 aromatic heterocycles. The fourth-order valence-electron chi connectivity index (χ4n) is 1.84. The van der Waals surface area contributed by atoms with Crippen LogP contribution in [0.4, 0.5) is 0 Å². The molecule has 0 bridgehead atoms. The minimum atomic E-state index is 0.0277. The van der Waals surface area contributed by atoms with Gasteiger partial charge in [-0.2, -0.15) is 0 Å². The number of nitrogens with one attached hydrogen (secondary N) is 1. The lowest BCUT2D eigenvalue weighted by molar-refractivity contribution is 0.577. The summed E-state index contributed by atoms with van der Waals surface area (Å²) in [5.41, 5.74) is 2.62. The quantitative estimate of drug-likeness (QED) is 0.727. The number of pyridine rings is 1. The maximum Gasteiger partial charge on any atom is 0.248 e. The Bertz CT molecular complexity index is 394. The molecule has 14 heavy (non-hydrogen) atoms. The first-order chi connectivity index (χ1) is 6.48. The third-order valence-electron chi connectivity index (χ3n) is 2.74. The van der Waals surface area contributed by atoms with Gasteiger partial charge in [0.15, 0.2) is 0 Å². The van der Waals surface area contributed by atoms with E-state index >= 15 is 0 Å². The van der Waals surface area contributed by atoms with Crippen molar-refractivity contribution >= 4 is 0 Å². The van der Waals surface area contributed by atoms with E-state index in [4.69, 9.17) is 0 Å². The van der Waals surface area contributed by atoms with Crippen LogP contribution in [0.3, 0.4) is 0 Å². The van der Waals surface area contributed by atoms with Gasteiger partial charge >= 0.3 is 0 Å². The minimum Gasteiger partial charge on any atom is -0.326 e. The smallest absolute Gasteiger partial charge is 0.248 e. The van der Waals surface area contributed by atoms with Gasteiger partial charge < -0.3 is 4.98 Å². The van der Waals surface area contributed by atoms with Crippen LogP contribution in [-0.4, -0.2) is 4.98 Å². The predicted molar refractivity (Wildman–Crippen MR) is 57.7 cm³/mol. The summed E-state index contributed by atoms with van der Waals surface area (Å²) in [6.07, 6.45) is 2.45. The van der Waals surface area contributed by atoms with Crippen LogP contribution in [0, 0.1) is 0 Å². The molecule has 0 atom stereocenters. The monoisotopic (exact) mass is 191 g/mol. The first kappa shape index (κ1) is 9.50. The van der Waals surface area contributed by atoms with Gasteiger partial charge in [0.2, 0.25) is 5.56 Å². The summed E-state index contributed by atoms with van der Waals surface area (Å²) in [5.74, 6) is 0.609. The van der Waals surface area contributed by atoms with Gasteiger partial charge in [0.1, 0.15) is 0 Å². The molecular weight excluding hydrogens is 174 g/mol. The summed E-state index contributed by atoms with van der Waals surface area (Å²) in [6, 6.07) is 3.61. The van der Waals surface area contributed by atoms with Crippen molar-refractivity contribution in [3.05, 3.63) is 33.7 Å². The highest BCUT2D eigenvalue weighted by atomic mass is 16.1.